The van der Waals surface area contributed by atoms with Gasteiger partial charge in [-0.3, -0.25) is 0 Å². The van der Waals surface area contributed by atoms with Crippen LogP contribution >= 0.6 is 23.4 Å². The van der Waals surface area contributed by atoms with Gasteiger partial charge in [0, 0.05) is 11.4 Å². The van der Waals surface area contributed by atoms with Gasteiger partial charge in [-0.05, 0) is 49.7 Å². The van der Waals surface area contributed by atoms with Gasteiger partial charge in [-0.15, -0.1) is 0 Å². The predicted octanol–water partition coefficient (Wildman–Crippen LogP) is 1.97. The van der Waals surface area contributed by atoms with Gasteiger partial charge in [-0.2, -0.15) is 15.0 Å². The zero-order valence-corrected chi connectivity index (χ0v) is 11.7. The quantitative estimate of drug-likeness (QED) is 0.842. The highest BCUT2D eigenvalue weighted by Gasteiger charge is 2.09. The lowest BCUT2D eigenvalue weighted by molar-refractivity contribution is 0.862. The molecule has 0 spiro atoms. The first kappa shape index (κ1) is 13.0. The van der Waals surface area contributed by atoms with Crippen molar-refractivity contribution >= 4 is 29.3 Å². The SMILES string of the molecule is Cc1nc(Sc2nc(N)nc(Cl)n2)nc(C)c1C. The summed E-state index contributed by atoms with van der Waals surface area (Å²) in [5, 5.41) is 1.01. The number of hydrogen-bond acceptors (Lipinski definition) is 7. The molecule has 0 amide bonds. The van der Waals surface area contributed by atoms with Crippen molar-refractivity contribution in [1.82, 2.24) is 24.9 Å². The average Bonchev–Trinajstić information content (AvgIpc) is 2.24. The zero-order chi connectivity index (χ0) is 13.3. The Balaban J connectivity index is 2.34. The molecule has 0 fully saturated rings. The molecule has 8 heteroatoms. The fourth-order valence-corrected chi connectivity index (χ4v) is 2.28. The van der Waals surface area contributed by atoms with E-state index in [1.54, 1.807) is 0 Å². The van der Waals surface area contributed by atoms with Crippen molar-refractivity contribution in [3.8, 4) is 0 Å². The van der Waals surface area contributed by atoms with E-state index >= 15 is 0 Å². The number of aryl methyl sites for hydroxylation is 2. The van der Waals surface area contributed by atoms with Crippen LogP contribution in [-0.4, -0.2) is 24.9 Å². The Morgan fingerprint density at radius 3 is 2.00 bits per heavy atom. The monoisotopic (exact) mass is 282 g/mol. The maximum absolute atomic E-state index is 5.71. The first-order valence-electron chi connectivity index (χ1n) is 5.12. The minimum absolute atomic E-state index is 0.0607. The normalized spacial score (nSPS) is 10.7. The summed E-state index contributed by atoms with van der Waals surface area (Å²) >= 11 is 6.91. The number of halogens is 1. The summed E-state index contributed by atoms with van der Waals surface area (Å²) < 4.78 is 0. The Morgan fingerprint density at radius 2 is 1.44 bits per heavy atom. The maximum atomic E-state index is 5.71. The Morgan fingerprint density at radius 1 is 0.889 bits per heavy atom. The van der Waals surface area contributed by atoms with Crippen LogP contribution in [0.2, 0.25) is 5.28 Å². The molecule has 0 aromatic carbocycles. The van der Waals surface area contributed by atoms with Crippen LogP contribution in [0.15, 0.2) is 10.3 Å². The molecule has 0 aliphatic carbocycles. The van der Waals surface area contributed by atoms with Crippen LogP contribution in [0.1, 0.15) is 17.0 Å². The van der Waals surface area contributed by atoms with E-state index in [9.17, 15) is 0 Å². The van der Waals surface area contributed by atoms with E-state index < -0.39 is 0 Å². The van der Waals surface area contributed by atoms with Gasteiger partial charge in [-0.25, -0.2) is 9.97 Å². The second kappa shape index (κ2) is 5.03. The van der Waals surface area contributed by atoms with E-state index in [0.717, 1.165) is 17.0 Å². The molecule has 0 saturated carbocycles. The highest BCUT2D eigenvalue weighted by atomic mass is 35.5. The van der Waals surface area contributed by atoms with Crippen molar-refractivity contribution in [2.75, 3.05) is 5.73 Å². The van der Waals surface area contributed by atoms with Gasteiger partial charge in [-0.1, -0.05) is 0 Å². The van der Waals surface area contributed by atoms with Crippen molar-refractivity contribution < 1.29 is 0 Å². The summed E-state index contributed by atoms with van der Waals surface area (Å²) in [6, 6.07) is 0. The molecule has 0 aliphatic heterocycles. The molecule has 2 heterocycles. The third-order valence-electron chi connectivity index (χ3n) is 2.40. The molecule has 0 radical (unpaired) electrons. The summed E-state index contributed by atoms with van der Waals surface area (Å²) in [4.78, 5) is 20.3. The van der Waals surface area contributed by atoms with Crippen molar-refractivity contribution in [2.24, 2.45) is 0 Å². The number of hydrogen-bond donors (Lipinski definition) is 1. The molecule has 6 nitrogen and oxygen atoms in total. The van der Waals surface area contributed by atoms with E-state index in [1.807, 2.05) is 20.8 Å². The van der Waals surface area contributed by atoms with Crippen molar-refractivity contribution in [3.05, 3.63) is 22.2 Å². The van der Waals surface area contributed by atoms with E-state index in [4.69, 9.17) is 17.3 Å². The van der Waals surface area contributed by atoms with Gasteiger partial charge in [0.25, 0.3) is 0 Å². The summed E-state index contributed by atoms with van der Waals surface area (Å²) in [6.45, 7) is 5.85. The number of anilines is 1. The fourth-order valence-electron chi connectivity index (χ4n) is 1.26. The number of nitrogen functional groups attached to an aromatic ring is 1. The van der Waals surface area contributed by atoms with Crippen LogP contribution in [0.3, 0.4) is 0 Å². The lowest BCUT2D eigenvalue weighted by Crippen LogP contribution is -2.01. The Hall–Kier alpha value is -1.47. The van der Waals surface area contributed by atoms with E-state index in [2.05, 4.69) is 24.9 Å². The molecule has 2 aromatic rings. The van der Waals surface area contributed by atoms with Crippen molar-refractivity contribution in [2.45, 2.75) is 31.1 Å². The molecule has 94 valence electrons. The third-order valence-corrected chi connectivity index (χ3v) is 3.30. The topological polar surface area (TPSA) is 90.5 Å². The number of nitrogens with two attached hydrogens (primary N) is 1. The molecule has 0 aliphatic rings. The highest BCUT2D eigenvalue weighted by Crippen LogP contribution is 2.23. The Kier molecular flexibility index (Phi) is 3.63. The highest BCUT2D eigenvalue weighted by molar-refractivity contribution is 7.99. The second-order valence-electron chi connectivity index (χ2n) is 3.65. The lowest BCUT2D eigenvalue weighted by atomic mass is 10.2. The van der Waals surface area contributed by atoms with Gasteiger partial charge in [0.15, 0.2) is 5.16 Å². The molecule has 0 saturated heterocycles. The number of nitrogens with zero attached hydrogens (tertiary/aromatic N) is 5. The first-order chi connectivity index (χ1) is 8.45. The molecule has 0 unspecified atom stereocenters. The second-order valence-corrected chi connectivity index (χ2v) is 4.92. The fraction of sp³-hybridized carbons (Fsp3) is 0.300. The largest absolute Gasteiger partial charge is 0.368 e. The summed E-state index contributed by atoms with van der Waals surface area (Å²) in [5.41, 5.74) is 8.43. The Labute approximate surface area is 113 Å². The summed E-state index contributed by atoms with van der Waals surface area (Å²) in [5.74, 6) is 0.0815. The number of rotatable bonds is 2. The average molecular weight is 283 g/mol. The first-order valence-corrected chi connectivity index (χ1v) is 6.32. The van der Waals surface area contributed by atoms with E-state index in [1.165, 1.54) is 11.8 Å². The smallest absolute Gasteiger partial charge is 0.228 e. The molecule has 2 N–H and O–H groups in total. The van der Waals surface area contributed by atoms with Gasteiger partial charge in [0.05, 0.1) is 0 Å². The lowest BCUT2D eigenvalue weighted by Gasteiger charge is -2.06. The van der Waals surface area contributed by atoms with Crippen LogP contribution in [-0.2, 0) is 0 Å². The van der Waals surface area contributed by atoms with Crippen LogP contribution in [0.25, 0.3) is 0 Å². The van der Waals surface area contributed by atoms with Gasteiger partial charge < -0.3 is 5.73 Å². The van der Waals surface area contributed by atoms with Crippen LogP contribution in [0.5, 0.6) is 0 Å². The van der Waals surface area contributed by atoms with Gasteiger partial charge in [0.1, 0.15) is 0 Å². The summed E-state index contributed by atoms with van der Waals surface area (Å²) in [7, 11) is 0. The molecular formula is C10H11ClN6S. The standard InChI is InChI=1S/C10H11ClN6S/c1-4-5(2)13-9(14-6(4)3)18-10-16-7(11)15-8(12)17-10/h1-3H3,(H2,12,15,16,17). The van der Waals surface area contributed by atoms with Crippen LogP contribution in [0.4, 0.5) is 5.95 Å². The molecule has 2 rings (SSSR count). The van der Waals surface area contributed by atoms with E-state index in [-0.39, 0.29) is 11.2 Å². The third kappa shape index (κ3) is 2.85. The minimum atomic E-state index is 0.0607. The van der Waals surface area contributed by atoms with Crippen molar-refractivity contribution in [3.63, 3.8) is 0 Å². The molecular weight excluding hydrogens is 272 g/mol. The predicted molar refractivity (Wildman–Crippen MR) is 69.6 cm³/mol. The van der Waals surface area contributed by atoms with Crippen LogP contribution in [0, 0.1) is 20.8 Å². The molecule has 0 atom stereocenters. The molecule has 18 heavy (non-hydrogen) atoms. The van der Waals surface area contributed by atoms with Gasteiger partial charge >= 0.3 is 0 Å². The van der Waals surface area contributed by atoms with E-state index in [0.29, 0.717) is 10.3 Å². The molecule has 0 bridgehead atoms. The number of aromatic nitrogens is 5. The minimum Gasteiger partial charge on any atom is -0.368 e. The maximum Gasteiger partial charge on any atom is 0.228 e. The van der Waals surface area contributed by atoms with Gasteiger partial charge in [0.2, 0.25) is 16.4 Å². The molecule has 2 aromatic heterocycles. The van der Waals surface area contributed by atoms with Crippen molar-refractivity contribution in [1.29, 1.82) is 0 Å². The summed E-state index contributed by atoms with van der Waals surface area (Å²) in [6.07, 6.45) is 0. The Bertz CT molecular complexity index is 560. The van der Waals surface area contributed by atoms with Crippen LogP contribution < -0.4 is 5.73 Å². The zero-order valence-electron chi connectivity index (χ0n) is 10.1.